The highest BCUT2D eigenvalue weighted by atomic mass is 32.2. The van der Waals surface area contributed by atoms with Gasteiger partial charge in [-0.3, -0.25) is 0 Å². The number of halogens is 1. The first-order valence-electron chi connectivity index (χ1n) is 7.33. The number of hydrogen-bond donors (Lipinski definition) is 1. The van der Waals surface area contributed by atoms with Gasteiger partial charge in [-0.1, -0.05) is 31.9 Å². The summed E-state index contributed by atoms with van der Waals surface area (Å²) < 4.78 is 13.4. The quantitative estimate of drug-likeness (QED) is 0.829. The van der Waals surface area contributed by atoms with Gasteiger partial charge in [0.05, 0.1) is 0 Å². The molecule has 0 saturated heterocycles. The van der Waals surface area contributed by atoms with Crippen molar-refractivity contribution in [3.63, 3.8) is 0 Å². The number of thioether (sulfide) groups is 1. The smallest absolute Gasteiger partial charge is 0.123 e. The summed E-state index contributed by atoms with van der Waals surface area (Å²) in [6, 6.07) is 7.04. The molecule has 0 aromatic heterocycles. The molecule has 1 aliphatic carbocycles. The van der Waals surface area contributed by atoms with Crippen LogP contribution in [0.15, 0.2) is 24.3 Å². The van der Waals surface area contributed by atoms with Crippen LogP contribution in [-0.4, -0.2) is 11.8 Å². The molecule has 1 aromatic rings. The molecule has 1 fully saturated rings. The molecule has 1 saturated carbocycles. The lowest BCUT2D eigenvalue weighted by molar-refractivity contribution is 0.600. The Bertz CT molecular complexity index is 390. The molecule has 0 spiro atoms. The van der Waals surface area contributed by atoms with E-state index in [1.807, 2.05) is 17.8 Å². The second kappa shape index (κ2) is 7.30. The summed E-state index contributed by atoms with van der Waals surface area (Å²) in [4.78, 5) is 0. The van der Waals surface area contributed by atoms with Crippen LogP contribution < -0.4 is 5.73 Å². The largest absolute Gasteiger partial charge is 0.326 e. The molecule has 3 heteroatoms. The first kappa shape index (κ1) is 14.9. The van der Waals surface area contributed by atoms with Crippen LogP contribution >= 0.6 is 11.8 Å². The molecule has 19 heavy (non-hydrogen) atoms. The Hall–Kier alpha value is -0.540. The zero-order valence-corrected chi connectivity index (χ0v) is 12.5. The van der Waals surface area contributed by atoms with Gasteiger partial charge >= 0.3 is 0 Å². The van der Waals surface area contributed by atoms with Crippen LogP contribution in [0.25, 0.3) is 0 Å². The molecule has 1 aliphatic rings. The second-order valence-electron chi connectivity index (χ2n) is 5.53. The minimum Gasteiger partial charge on any atom is -0.326 e. The first-order valence-corrected chi connectivity index (χ1v) is 8.38. The van der Waals surface area contributed by atoms with E-state index >= 15 is 0 Å². The average molecular weight is 281 g/mol. The maximum absolute atomic E-state index is 13.4. The Morgan fingerprint density at radius 2 is 2.11 bits per heavy atom. The van der Waals surface area contributed by atoms with E-state index in [0.29, 0.717) is 0 Å². The molecule has 0 amide bonds. The lowest BCUT2D eigenvalue weighted by Gasteiger charge is -2.24. The first-order chi connectivity index (χ1) is 9.20. The van der Waals surface area contributed by atoms with Crippen LogP contribution in [0, 0.1) is 11.7 Å². The van der Waals surface area contributed by atoms with Crippen LogP contribution in [0.5, 0.6) is 0 Å². The van der Waals surface area contributed by atoms with E-state index in [2.05, 4.69) is 6.92 Å². The van der Waals surface area contributed by atoms with Gasteiger partial charge in [0.2, 0.25) is 0 Å². The minimum atomic E-state index is -0.160. The molecule has 0 radical (unpaired) electrons. The van der Waals surface area contributed by atoms with Crippen molar-refractivity contribution in [1.82, 2.24) is 0 Å². The van der Waals surface area contributed by atoms with Gasteiger partial charge in [0.15, 0.2) is 0 Å². The van der Waals surface area contributed by atoms with Crippen molar-refractivity contribution >= 4 is 11.8 Å². The van der Waals surface area contributed by atoms with E-state index in [1.165, 1.54) is 31.7 Å². The molecule has 2 atom stereocenters. The third-order valence-corrected chi connectivity index (χ3v) is 5.67. The molecule has 2 N–H and O–H groups in total. The molecular weight excluding hydrogens is 257 g/mol. The number of benzene rings is 1. The Kier molecular flexibility index (Phi) is 5.71. The zero-order valence-electron chi connectivity index (χ0n) is 11.6. The Balaban J connectivity index is 2.02. The van der Waals surface area contributed by atoms with Crippen LogP contribution in [0.3, 0.4) is 0 Å². The highest BCUT2D eigenvalue weighted by Crippen LogP contribution is 2.37. The van der Waals surface area contributed by atoms with E-state index in [-0.39, 0.29) is 17.1 Å². The Morgan fingerprint density at radius 3 is 2.74 bits per heavy atom. The lowest BCUT2D eigenvalue weighted by Crippen LogP contribution is -2.26. The van der Waals surface area contributed by atoms with Crippen molar-refractivity contribution in [2.45, 2.75) is 50.3 Å². The van der Waals surface area contributed by atoms with Crippen molar-refractivity contribution in [3.05, 3.63) is 35.6 Å². The molecule has 0 bridgehead atoms. The summed E-state index contributed by atoms with van der Waals surface area (Å²) in [7, 11) is 0. The van der Waals surface area contributed by atoms with Gasteiger partial charge in [-0.25, -0.2) is 4.39 Å². The van der Waals surface area contributed by atoms with Gasteiger partial charge < -0.3 is 5.73 Å². The fourth-order valence-electron chi connectivity index (χ4n) is 2.78. The maximum atomic E-state index is 13.4. The number of rotatable bonds is 6. The second-order valence-corrected chi connectivity index (χ2v) is 6.71. The normalized spacial score (nSPS) is 19.5. The van der Waals surface area contributed by atoms with Crippen molar-refractivity contribution in [3.8, 4) is 0 Å². The third-order valence-electron chi connectivity index (χ3n) is 4.02. The van der Waals surface area contributed by atoms with Crippen molar-refractivity contribution in [2.24, 2.45) is 11.7 Å². The summed E-state index contributed by atoms with van der Waals surface area (Å²) in [5.74, 6) is 1.84. The fourth-order valence-corrected chi connectivity index (χ4v) is 4.37. The highest BCUT2D eigenvalue weighted by molar-refractivity contribution is 7.99. The average Bonchev–Trinajstić information content (AvgIpc) is 2.92. The van der Waals surface area contributed by atoms with Crippen molar-refractivity contribution in [1.29, 1.82) is 0 Å². The lowest BCUT2D eigenvalue weighted by atomic mass is 10.0. The van der Waals surface area contributed by atoms with Gasteiger partial charge in [0.1, 0.15) is 5.82 Å². The summed E-state index contributed by atoms with van der Waals surface area (Å²) in [5.41, 5.74) is 7.28. The fraction of sp³-hybridized carbons (Fsp3) is 0.625. The Morgan fingerprint density at radius 1 is 1.37 bits per heavy atom. The molecule has 0 aliphatic heterocycles. The number of nitrogens with two attached hydrogens (primary N) is 1. The van der Waals surface area contributed by atoms with E-state index in [9.17, 15) is 4.39 Å². The third kappa shape index (κ3) is 4.22. The SMILES string of the molecule is CCC(N)C(SCC1CCCC1)c1cccc(F)c1. The predicted molar refractivity (Wildman–Crippen MR) is 81.8 cm³/mol. The van der Waals surface area contributed by atoms with Crippen LogP contribution in [-0.2, 0) is 0 Å². The molecule has 1 aromatic carbocycles. The van der Waals surface area contributed by atoms with Crippen LogP contribution in [0.2, 0.25) is 0 Å². The van der Waals surface area contributed by atoms with Gasteiger partial charge in [0, 0.05) is 11.3 Å². The predicted octanol–water partition coefficient (Wildman–Crippen LogP) is 4.53. The Labute approximate surface area is 120 Å². The van der Waals surface area contributed by atoms with Gasteiger partial charge in [-0.05, 0) is 48.6 Å². The van der Waals surface area contributed by atoms with Gasteiger partial charge in [-0.2, -0.15) is 11.8 Å². The van der Waals surface area contributed by atoms with Gasteiger partial charge in [-0.15, -0.1) is 0 Å². The van der Waals surface area contributed by atoms with E-state index in [0.717, 1.165) is 23.7 Å². The van der Waals surface area contributed by atoms with E-state index in [4.69, 9.17) is 5.73 Å². The monoisotopic (exact) mass is 281 g/mol. The van der Waals surface area contributed by atoms with Gasteiger partial charge in [0.25, 0.3) is 0 Å². The molecule has 1 nitrogen and oxygen atoms in total. The molecular formula is C16H24FNS. The maximum Gasteiger partial charge on any atom is 0.123 e. The van der Waals surface area contributed by atoms with E-state index < -0.39 is 0 Å². The molecule has 2 rings (SSSR count). The summed E-state index contributed by atoms with van der Waals surface area (Å²) in [5, 5.41) is 0.223. The molecule has 0 heterocycles. The van der Waals surface area contributed by atoms with Crippen LogP contribution in [0.4, 0.5) is 4.39 Å². The number of hydrogen-bond acceptors (Lipinski definition) is 2. The minimum absolute atomic E-state index is 0.105. The summed E-state index contributed by atoms with van der Waals surface area (Å²) in [6.45, 7) is 2.10. The molecule has 2 unspecified atom stereocenters. The van der Waals surface area contributed by atoms with E-state index in [1.54, 1.807) is 12.1 Å². The van der Waals surface area contributed by atoms with Crippen molar-refractivity contribution in [2.75, 3.05) is 5.75 Å². The summed E-state index contributed by atoms with van der Waals surface area (Å²) in [6.07, 6.45) is 6.37. The van der Waals surface area contributed by atoms with Crippen LogP contribution in [0.1, 0.15) is 49.8 Å². The molecule has 106 valence electrons. The topological polar surface area (TPSA) is 26.0 Å². The standard InChI is InChI=1S/C16H24FNS/c1-2-15(18)16(13-8-5-9-14(17)10-13)19-11-12-6-3-4-7-12/h5,8-10,12,15-16H,2-4,6-7,11,18H2,1H3. The highest BCUT2D eigenvalue weighted by Gasteiger charge is 2.22. The van der Waals surface area contributed by atoms with Crippen molar-refractivity contribution < 1.29 is 4.39 Å². The summed E-state index contributed by atoms with van der Waals surface area (Å²) >= 11 is 1.92. The zero-order chi connectivity index (χ0) is 13.7.